The Morgan fingerprint density at radius 2 is 0.814 bits per heavy atom. The Labute approximate surface area is 389 Å². The summed E-state index contributed by atoms with van der Waals surface area (Å²) in [6.45, 7) is -1.75. The van der Waals surface area contributed by atoms with Crippen molar-refractivity contribution in [2.24, 2.45) is 0 Å². The summed E-state index contributed by atoms with van der Waals surface area (Å²) in [6, 6.07) is 4.49. The first-order valence-electron chi connectivity index (χ1n) is 20.0. The van der Waals surface area contributed by atoms with Crippen molar-refractivity contribution in [2.45, 2.75) is 61.4 Å². The monoisotopic (exact) mass is 992 g/mol. The molecule has 2 fully saturated rings. The lowest BCUT2D eigenvalue weighted by molar-refractivity contribution is -0.277. The minimum Gasteiger partial charge on any atom is -0.504 e. The molecule has 0 aliphatic carbocycles. The number of phenolic OH excluding ortho intramolecular Hbond substituents is 8. The zero-order chi connectivity index (χ0) is 51.2. The van der Waals surface area contributed by atoms with Gasteiger partial charge in [-0.05, 0) is 24.3 Å². The van der Waals surface area contributed by atoms with Crippen molar-refractivity contribution in [3.63, 3.8) is 0 Å². The van der Waals surface area contributed by atoms with Crippen LogP contribution >= 0.6 is 0 Å². The average molecular weight is 993 g/mol. The number of aromatic hydroxyl groups is 8. The van der Waals surface area contributed by atoms with Crippen LogP contribution in [0, 0.1) is 0 Å². The van der Waals surface area contributed by atoms with Gasteiger partial charge in [-0.3, -0.25) is 0 Å². The average Bonchev–Trinajstić information content (AvgIpc) is 3.32. The summed E-state index contributed by atoms with van der Waals surface area (Å²) in [5.74, 6) is -17.7. The van der Waals surface area contributed by atoms with Gasteiger partial charge in [-0.1, -0.05) is 0 Å². The van der Waals surface area contributed by atoms with Gasteiger partial charge in [0, 0.05) is 12.1 Å². The molecule has 0 spiro atoms. The molecular formula is C42H40O28. The summed E-state index contributed by atoms with van der Waals surface area (Å²) in [4.78, 5) is 52.8. The fourth-order valence-corrected chi connectivity index (χ4v) is 7.07. The lowest BCUT2D eigenvalue weighted by Crippen LogP contribution is -2.60. The first-order valence-corrected chi connectivity index (χ1v) is 20.0. The van der Waals surface area contributed by atoms with E-state index in [2.05, 4.69) is 0 Å². The summed E-state index contributed by atoms with van der Waals surface area (Å²) >= 11 is 0. The van der Waals surface area contributed by atoms with E-state index in [0.717, 1.165) is 50.6 Å². The summed E-state index contributed by atoms with van der Waals surface area (Å²) in [7, 11) is 1.94. The standard InChI is InChI=1S/C42H40O28/c1-61-35-19(65-41-29(53)27(51)25(49)21(67-41)9-63-37(57)11-3-15(43)23(47)16(44)4-11)7-13-33(31(35)55)69-40(60)14-8-20(36(62-2)32(56)34(14)70-39(13)59)66-42-30(54)28(52)26(50)22(68-42)10-64-38(58)12-5-17(45)24(48)18(46)6-12/h3-8,21-22,25-30,41-56H,9-10H2,1-2H3. The topological polar surface area (TPSA) is 444 Å². The number of aliphatic hydroxyl groups excluding tert-OH is 6. The fraction of sp³-hybridized carbons (Fsp3) is 0.333. The second kappa shape index (κ2) is 19.6. The van der Waals surface area contributed by atoms with Gasteiger partial charge in [-0.2, -0.15) is 0 Å². The first kappa shape index (κ1) is 49.9. The Morgan fingerprint density at radius 3 is 1.13 bits per heavy atom. The van der Waals surface area contributed by atoms with Crippen LogP contribution in [-0.2, 0) is 18.9 Å². The Kier molecular flexibility index (Phi) is 14.0. The van der Waals surface area contributed by atoms with Gasteiger partial charge >= 0.3 is 23.9 Å². The number of methoxy groups -OCH3 is 2. The van der Waals surface area contributed by atoms with E-state index in [1.165, 1.54) is 0 Å². The van der Waals surface area contributed by atoms with E-state index in [-0.39, 0.29) is 0 Å². The molecule has 0 amide bonds. The summed E-state index contributed by atoms with van der Waals surface area (Å²) < 4.78 is 53.7. The minimum atomic E-state index is -2.11. The van der Waals surface area contributed by atoms with Gasteiger partial charge in [0.2, 0.25) is 35.6 Å². The molecule has 28 heteroatoms. The van der Waals surface area contributed by atoms with E-state index in [0.29, 0.717) is 0 Å². The molecule has 376 valence electrons. The smallest absolute Gasteiger partial charge is 0.347 e. The van der Waals surface area contributed by atoms with Crippen LogP contribution in [-0.4, -0.2) is 184 Å². The lowest BCUT2D eigenvalue weighted by Gasteiger charge is -2.40. The Balaban J connectivity index is 1.11. The third kappa shape index (κ3) is 9.30. The Hall–Kier alpha value is -7.96. The number of rotatable bonds is 12. The van der Waals surface area contributed by atoms with Gasteiger partial charge in [-0.15, -0.1) is 0 Å². The van der Waals surface area contributed by atoms with Crippen LogP contribution in [0.4, 0.5) is 0 Å². The lowest BCUT2D eigenvalue weighted by atomic mass is 9.99. The molecule has 3 heterocycles. The van der Waals surface area contributed by atoms with Crippen molar-refractivity contribution in [3.8, 4) is 80.5 Å². The highest BCUT2D eigenvalue weighted by Gasteiger charge is 2.48. The number of ether oxygens (including phenoxy) is 10. The molecule has 28 nitrogen and oxygen atoms in total. The zero-order valence-corrected chi connectivity index (χ0v) is 35.6. The molecule has 3 aliphatic heterocycles. The predicted molar refractivity (Wildman–Crippen MR) is 217 cm³/mol. The van der Waals surface area contributed by atoms with Crippen LogP contribution in [0.3, 0.4) is 0 Å². The molecule has 4 aromatic carbocycles. The first-order chi connectivity index (χ1) is 33.1. The summed E-state index contributed by atoms with van der Waals surface area (Å²) in [5, 5.41) is 145. The zero-order valence-electron chi connectivity index (χ0n) is 35.6. The third-order valence-electron chi connectivity index (χ3n) is 10.8. The number of carbonyl (C=O) groups is 4. The minimum absolute atomic E-state index is 0.464. The van der Waals surface area contributed by atoms with Crippen molar-refractivity contribution >= 4 is 23.9 Å². The molecule has 4 aromatic rings. The maximum atomic E-state index is 13.8. The van der Waals surface area contributed by atoms with E-state index in [1.807, 2.05) is 0 Å². The number of benzene rings is 4. The molecule has 10 atom stereocenters. The van der Waals surface area contributed by atoms with E-state index >= 15 is 0 Å². The molecule has 0 bridgehead atoms. The van der Waals surface area contributed by atoms with Crippen molar-refractivity contribution in [1.29, 1.82) is 0 Å². The molecule has 70 heavy (non-hydrogen) atoms. The highest BCUT2D eigenvalue weighted by Crippen LogP contribution is 2.52. The second-order valence-corrected chi connectivity index (χ2v) is 15.2. The van der Waals surface area contributed by atoms with E-state index in [4.69, 9.17) is 47.4 Å². The Morgan fingerprint density at radius 1 is 0.486 bits per heavy atom. The molecule has 2 saturated heterocycles. The van der Waals surface area contributed by atoms with Gasteiger partial charge in [0.1, 0.15) is 73.2 Å². The number of phenols is 8. The van der Waals surface area contributed by atoms with Crippen LogP contribution in [0.15, 0.2) is 36.4 Å². The van der Waals surface area contributed by atoms with Gasteiger partial charge < -0.3 is 119 Å². The highest BCUT2D eigenvalue weighted by atomic mass is 16.7. The molecule has 3 aliphatic rings. The third-order valence-corrected chi connectivity index (χ3v) is 10.8. The normalized spacial score (nSPS) is 25.1. The summed E-state index contributed by atoms with van der Waals surface area (Å²) in [5.41, 5.74) is -2.57. The second-order valence-electron chi connectivity index (χ2n) is 15.2. The molecule has 10 unspecified atom stereocenters. The maximum absolute atomic E-state index is 13.8. The van der Waals surface area contributed by atoms with Crippen LogP contribution in [0.5, 0.6) is 80.5 Å². The van der Waals surface area contributed by atoms with Crippen LogP contribution < -0.4 is 28.4 Å². The number of esters is 4. The number of hydrogen-bond donors (Lipinski definition) is 14. The molecule has 0 saturated carbocycles. The van der Waals surface area contributed by atoms with Crippen LogP contribution in [0.2, 0.25) is 0 Å². The molecule has 7 rings (SSSR count). The fourth-order valence-electron chi connectivity index (χ4n) is 7.07. The number of fused-ring (bicyclic) bond motifs is 2. The number of hydrogen-bond acceptors (Lipinski definition) is 28. The van der Waals surface area contributed by atoms with Crippen molar-refractivity contribution in [2.75, 3.05) is 27.4 Å². The van der Waals surface area contributed by atoms with E-state index in [1.54, 1.807) is 0 Å². The molecule has 0 radical (unpaired) electrons. The number of carbonyl (C=O) groups excluding carboxylic acids is 4. The highest BCUT2D eigenvalue weighted by molar-refractivity contribution is 6.04. The SMILES string of the molecule is COc1c(OC2OC(COC(=O)c3cc(O)c(O)c(O)c3)C(O)C(O)C2O)cc2c(c1O)OC(=O)c1cc(OC3OC(COC(=O)c4cc(O)c(O)c(O)c4)C(O)C(O)C3O)c(OC)c(O)c1OC2=O. The number of aliphatic hydroxyl groups is 6. The Bertz CT molecular complexity index is 2490. The van der Waals surface area contributed by atoms with Gasteiger partial charge in [0.25, 0.3) is 0 Å². The maximum Gasteiger partial charge on any atom is 0.347 e. The molecule has 14 N–H and O–H groups in total. The van der Waals surface area contributed by atoms with Crippen molar-refractivity contribution in [3.05, 3.63) is 58.7 Å². The van der Waals surface area contributed by atoms with Crippen LogP contribution in [0.25, 0.3) is 0 Å². The molecule has 0 aromatic heterocycles. The van der Waals surface area contributed by atoms with Gasteiger partial charge in [0.05, 0.1) is 25.3 Å². The molecular weight excluding hydrogens is 952 g/mol. The van der Waals surface area contributed by atoms with Crippen molar-refractivity contribution < 1.29 is 138 Å². The van der Waals surface area contributed by atoms with Gasteiger partial charge in [0.15, 0.2) is 57.5 Å². The van der Waals surface area contributed by atoms with Crippen molar-refractivity contribution in [1.82, 2.24) is 0 Å². The summed E-state index contributed by atoms with van der Waals surface area (Å²) in [6.07, 6.45) is -19.7. The van der Waals surface area contributed by atoms with E-state index < -0.39 is 201 Å². The predicted octanol–water partition coefficient (Wildman–Crippen LogP) is -1.81. The van der Waals surface area contributed by atoms with Gasteiger partial charge in [-0.25, -0.2) is 19.2 Å². The van der Waals surface area contributed by atoms with E-state index in [9.17, 15) is 90.7 Å². The quantitative estimate of drug-likeness (QED) is 0.0422. The van der Waals surface area contributed by atoms with Crippen LogP contribution in [0.1, 0.15) is 41.4 Å². The largest absolute Gasteiger partial charge is 0.504 e.